The van der Waals surface area contributed by atoms with E-state index in [1.807, 2.05) is 36.4 Å². The number of hydrogen-bond donors (Lipinski definition) is 0. The van der Waals surface area contributed by atoms with Gasteiger partial charge in [-0.25, -0.2) is 0 Å². The molecular formula is C31H33F3N2O2. The van der Waals surface area contributed by atoms with E-state index in [-0.39, 0.29) is 16.9 Å². The Morgan fingerprint density at radius 1 is 0.816 bits per heavy atom. The van der Waals surface area contributed by atoms with E-state index in [2.05, 4.69) is 23.1 Å². The first-order valence-electron chi connectivity index (χ1n) is 13.2. The van der Waals surface area contributed by atoms with Crippen LogP contribution in [0, 0.1) is 5.41 Å². The number of piperidine rings is 2. The molecule has 1 spiro atoms. The van der Waals surface area contributed by atoms with E-state index in [4.69, 9.17) is 4.74 Å². The van der Waals surface area contributed by atoms with Crippen molar-refractivity contribution in [2.24, 2.45) is 5.41 Å². The van der Waals surface area contributed by atoms with Gasteiger partial charge in [0.15, 0.2) is 0 Å². The summed E-state index contributed by atoms with van der Waals surface area (Å²) >= 11 is 0. The third-order valence-electron chi connectivity index (χ3n) is 8.07. The molecule has 0 aliphatic carbocycles. The summed E-state index contributed by atoms with van der Waals surface area (Å²) in [5, 5.41) is 0. The van der Waals surface area contributed by atoms with Crippen molar-refractivity contribution in [1.82, 2.24) is 9.80 Å². The van der Waals surface area contributed by atoms with Crippen LogP contribution in [-0.4, -0.2) is 41.9 Å². The predicted octanol–water partition coefficient (Wildman–Crippen LogP) is 6.80. The normalized spacial score (nSPS) is 17.9. The molecule has 0 atom stereocenters. The van der Waals surface area contributed by atoms with E-state index in [0.717, 1.165) is 68.8 Å². The molecule has 0 saturated carbocycles. The number of benzene rings is 3. The van der Waals surface area contributed by atoms with Crippen LogP contribution in [0.3, 0.4) is 0 Å². The van der Waals surface area contributed by atoms with Crippen molar-refractivity contribution in [3.8, 4) is 5.75 Å². The van der Waals surface area contributed by atoms with Crippen molar-refractivity contribution >= 4 is 5.91 Å². The second-order valence-corrected chi connectivity index (χ2v) is 10.5. The van der Waals surface area contributed by atoms with E-state index in [9.17, 15) is 18.0 Å². The van der Waals surface area contributed by atoms with Gasteiger partial charge in [-0.1, -0.05) is 54.6 Å². The molecule has 0 N–H and O–H groups in total. The van der Waals surface area contributed by atoms with Crippen LogP contribution >= 0.6 is 0 Å². The number of halogens is 3. The topological polar surface area (TPSA) is 32.8 Å². The molecule has 2 aliphatic rings. The van der Waals surface area contributed by atoms with Crippen LogP contribution in [0.15, 0.2) is 78.9 Å². The molecule has 0 aromatic heterocycles. The largest absolute Gasteiger partial charge is 0.489 e. The number of rotatable bonds is 6. The molecule has 0 unspecified atom stereocenters. The van der Waals surface area contributed by atoms with Crippen molar-refractivity contribution in [2.75, 3.05) is 26.2 Å². The van der Waals surface area contributed by atoms with Crippen LogP contribution in [-0.2, 0) is 19.3 Å². The molecule has 2 heterocycles. The Labute approximate surface area is 222 Å². The standard InChI is InChI=1S/C31H33F3N2O2/c32-31(33,34)27-11-6-10-25(21-27)29(37)36-19-15-30(16-20-36)13-17-35(18-14-30)22-26-9-4-5-12-28(26)38-23-24-7-2-1-3-8-24/h1-12,21H,13-20,22-23H2. The number of hydrogen-bond acceptors (Lipinski definition) is 3. The van der Waals surface area contributed by atoms with Crippen LogP contribution in [0.1, 0.15) is 52.7 Å². The van der Waals surface area contributed by atoms with Gasteiger partial charge in [-0.15, -0.1) is 0 Å². The summed E-state index contributed by atoms with van der Waals surface area (Å²) in [6.07, 6.45) is -0.549. The highest BCUT2D eigenvalue weighted by Gasteiger charge is 2.39. The number of nitrogens with zero attached hydrogens (tertiary/aromatic N) is 2. The zero-order valence-electron chi connectivity index (χ0n) is 21.4. The SMILES string of the molecule is O=C(c1cccc(C(F)(F)F)c1)N1CCC2(CCN(Cc3ccccc3OCc3ccccc3)CC2)CC1. The molecule has 4 nitrogen and oxygen atoms in total. The van der Waals surface area contributed by atoms with Crippen LogP contribution in [0.25, 0.3) is 0 Å². The third kappa shape index (κ3) is 6.21. The number of amides is 1. The van der Waals surface area contributed by atoms with Gasteiger partial charge in [-0.3, -0.25) is 9.69 Å². The zero-order chi connectivity index (χ0) is 26.6. The third-order valence-corrected chi connectivity index (χ3v) is 8.07. The first kappa shape index (κ1) is 26.3. The first-order chi connectivity index (χ1) is 18.3. The second-order valence-electron chi connectivity index (χ2n) is 10.5. The minimum atomic E-state index is -4.45. The first-order valence-corrected chi connectivity index (χ1v) is 13.2. The average Bonchev–Trinajstić information content (AvgIpc) is 2.94. The van der Waals surface area contributed by atoms with E-state index in [1.165, 1.54) is 17.7 Å². The molecule has 0 radical (unpaired) electrons. The second kappa shape index (κ2) is 11.2. The summed E-state index contributed by atoms with van der Waals surface area (Å²) in [4.78, 5) is 17.1. The van der Waals surface area contributed by atoms with E-state index < -0.39 is 11.7 Å². The molecule has 2 saturated heterocycles. The van der Waals surface area contributed by atoms with Gasteiger partial charge in [-0.05, 0) is 74.0 Å². The van der Waals surface area contributed by atoms with E-state index in [0.29, 0.717) is 19.7 Å². The monoisotopic (exact) mass is 522 g/mol. The number of likely N-dealkylation sites (tertiary alicyclic amines) is 2. The van der Waals surface area contributed by atoms with Gasteiger partial charge in [0.05, 0.1) is 5.56 Å². The molecule has 0 bridgehead atoms. The quantitative estimate of drug-likeness (QED) is 0.357. The van der Waals surface area contributed by atoms with Gasteiger partial charge < -0.3 is 9.64 Å². The molecule has 38 heavy (non-hydrogen) atoms. The van der Waals surface area contributed by atoms with Crippen LogP contribution in [0.2, 0.25) is 0 Å². The lowest BCUT2D eigenvalue weighted by Gasteiger charge is -2.47. The average molecular weight is 523 g/mol. The highest BCUT2D eigenvalue weighted by molar-refractivity contribution is 5.94. The van der Waals surface area contributed by atoms with Gasteiger partial charge in [0.25, 0.3) is 5.91 Å². The van der Waals surface area contributed by atoms with Crippen molar-refractivity contribution in [3.05, 3.63) is 101 Å². The number of ether oxygens (including phenoxy) is 1. The number of carbonyl (C=O) groups excluding carboxylic acids is 1. The smallest absolute Gasteiger partial charge is 0.416 e. The van der Waals surface area contributed by atoms with Crippen molar-refractivity contribution < 1.29 is 22.7 Å². The highest BCUT2D eigenvalue weighted by atomic mass is 19.4. The van der Waals surface area contributed by atoms with Crippen molar-refractivity contribution in [2.45, 2.75) is 45.0 Å². The molecule has 2 fully saturated rings. The van der Waals surface area contributed by atoms with Gasteiger partial charge >= 0.3 is 6.18 Å². The Morgan fingerprint density at radius 3 is 2.18 bits per heavy atom. The Morgan fingerprint density at radius 2 is 1.47 bits per heavy atom. The van der Waals surface area contributed by atoms with Gasteiger partial charge in [0.1, 0.15) is 12.4 Å². The summed E-state index contributed by atoms with van der Waals surface area (Å²) in [5.41, 5.74) is 1.85. The summed E-state index contributed by atoms with van der Waals surface area (Å²) < 4.78 is 45.4. The maximum absolute atomic E-state index is 13.1. The van der Waals surface area contributed by atoms with Crippen LogP contribution in [0.5, 0.6) is 5.75 Å². The number of alkyl halides is 3. The van der Waals surface area contributed by atoms with Gasteiger partial charge in [0, 0.05) is 30.8 Å². The minimum Gasteiger partial charge on any atom is -0.489 e. The molecule has 7 heteroatoms. The van der Waals surface area contributed by atoms with Crippen molar-refractivity contribution in [3.63, 3.8) is 0 Å². The molecule has 200 valence electrons. The van der Waals surface area contributed by atoms with Crippen molar-refractivity contribution in [1.29, 1.82) is 0 Å². The maximum Gasteiger partial charge on any atom is 0.416 e. The number of para-hydroxylation sites is 1. The lowest BCUT2D eigenvalue weighted by molar-refractivity contribution is -0.137. The summed E-state index contributed by atoms with van der Waals surface area (Å²) in [6, 6.07) is 23.1. The molecule has 1 amide bonds. The Bertz CT molecular complexity index is 1230. The lowest BCUT2D eigenvalue weighted by Crippen LogP contribution is -2.48. The zero-order valence-corrected chi connectivity index (χ0v) is 21.4. The van der Waals surface area contributed by atoms with Crippen LogP contribution in [0.4, 0.5) is 13.2 Å². The molecular weight excluding hydrogens is 489 g/mol. The Hall–Kier alpha value is -3.32. The predicted molar refractivity (Wildman–Crippen MR) is 141 cm³/mol. The Balaban J connectivity index is 1.13. The fourth-order valence-electron chi connectivity index (χ4n) is 5.63. The lowest BCUT2D eigenvalue weighted by atomic mass is 9.71. The summed E-state index contributed by atoms with van der Waals surface area (Å²) in [7, 11) is 0. The number of carbonyl (C=O) groups is 1. The van der Waals surface area contributed by atoms with Gasteiger partial charge in [-0.2, -0.15) is 13.2 Å². The van der Waals surface area contributed by atoms with E-state index >= 15 is 0 Å². The molecule has 3 aromatic rings. The van der Waals surface area contributed by atoms with Crippen LogP contribution < -0.4 is 4.74 Å². The summed E-state index contributed by atoms with van der Waals surface area (Å²) in [5.74, 6) is 0.605. The Kier molecular flexibility index (Phi) is 7.75. The maximum atomic E-state index is 13.1. The highest BCUT2D eigenvalue weighted by Crippen LogP contribution is 2.42. The van der Waals surface area contributed by atoms with E-state index in [1.54, 1.807) is 4.90 Å². The minimum absolute atomic E-state index is 0.110. The fourth-order valence-corrected chi connectivity index (χ4v) is 5.63. The van der Waals surface area contributed by atoms with Gasteiger partial charge in [0.2, 0.25) is 0 Å². The molecule has 2 aliphatic heterocycles. The molecule has 5 rings (SSSR count). The fraction of sp³-hybridized carbons (Fsp3) is 0.387. The molecule has 3 aromatic carbocycles. The summed E-state index contributed by atoms with van der Waals surface area (Å²) in [6.45, 7) is 4.51.